The van der Waals surface area contributed by atoms with Gasteiger partial charge in [-0.1, -0.05) is 0 Å². The third-order valence-electron chi connectivity index (χ3n) is 1.41. The second-order valence-electron chi connectivity index (χ2n) is 2.37. The second kappa shape index (κ2) is 3.44. The van der Waals surface area contributed by atoms with Crippen molar-refractivity contribution in [3.05, 3.63) is 30.6 Å². The summed E-state index contributed by atoms with van der Waals surface area (Å²) in [4.78, 5) is 1.04. The lowest BCUT2D eigenvalue weighted by Gasteiger charge is -1.98. The van der Waals surface area contributed by atoms with Gasteiger partial charge >= 0.3 is 0 Å². The fourth-order valence-corrected chi connectivity index (χ4v) is 1.46. The molecule has 0 aliphatic heterocycles. The predicted octanol–water partition coefficient (Wildman–Crippen LogP) is 0.811. The van der Waals surface area contributed by atoms with E-state index >= 15 is 0 Å². The maximum Gasteiger partial charge on any atom is 0.151 e. The van der Waals surface area contributed by atoms with E-state index in [1.165, 1.54) is 11.9 Å². The summed E-state index contributed by atoms with van der Waals surface area (Å²) >= 11 is 1.43. The zero-order valence-corrected chi connectivity index (χ0v) is 7.48. The van der Waals surface area contributed by atoms with E-state index in [2.05, 4.69) is 15.5 Å². The van der Waals surface area contributed by atoms with Crippen LogP contribution in [0, 0.1) is 0 Å². The first-order valence-corrected chi connectivity index (χ1v) is 4.39. The maximum atomic E-state index is 5.54. The van der Waals surface area contributed by atoms with Gasteiger partial charge in [0.1, 0.15) is 0 Å². The van der Waals surface area contributed by atoms with Crippen molar-refractivity contribution >= 4 is 17.6 Å². The van der Waals surface area contributed by atoms with E-state index in [9.17, 15) is 0 Å². The smallest absolute Gasteiger partial charge is 0.151 e. The molecule has 0 atom stereocenters. The molecule has 0 aliphatic carbocycles. The van der Waals surface area contributed by atoms with Crippen LogP contribution in [0.2, 0.25) is 0 Å². The molecule has 0 saturated carbocycles. The number of hydrogen-bond donors (Lipinski definition) is 1. The predicted molar refractivity (Wildman–Crippen MR) is 49.9 cm³/mol. The average Bonchev–Trinajstić information content (AvgIpc) is 2.62. The Labute approximate surface area is 79.1 Å². The molecule has 13 heavy (non-hydrogen) atoms. The summed E-state index contributed by atoms with van der Waals surface area (Å²) in [6.07, 6.45) is 1.54. The van der Waals surface area contributed by atoms with Gasteiger partial charge in [-0.25, -0.2) is 0 Å². The SMILES string of the molecule is Nc1ccc(Sn2cnnn2)cc1. The van der Waals surface area contributed by atoms with Crippen LogP contribution >= 0.6 is 11.9 Å². The molecule has 0 bridgehead atoms. The highest BCUT2D eigenvalue weighted by Crippen LogP contribution is 2.18. The van der Waals surface area contributed by atoms with Crippen molar-refractivity contribution in [1.29, 1.82) is 0 Å². The van der Waals surface area contributed by atoms with Crippen molar-refractivity contribution in [2.24, 2.45) is 0 Å². The van der Waals surface area contributed by atoms with E-state index in [1.54, 1.807) is 10.4 Å². The number of nitrogens with zero attached hydrogens (tertiary/aromatic N) is 4. The Morgan fingerprint density at radius 2 is 2.00 bits per heavy atom. The van der Waals surface area contributed by atoms with Crippen LogP contribution in [0.15, 0.2) is 35.5 Å². The molecule has 2 aromatic rings. The van der Waals surface area contributed by atoms with Crippen molar-refractivity contribution in [3.63, 3.8) is 0 Å². The highest BCUT2D eigenvalue weighted by Gasteiger charge is 1.96. The molecule has 6 heteroatoms. The van der Waals surface area contributed by atoms with Crippen molar-refractivity contribution in [3.8, 4) is 0 Å². The summed E-state index contributed by atoms with van der Waals surface area (Å²) < 4.78 is 1.57. The molecule has 0 unspecified atom stereocenters. The van der Waals surface area contributed by atoms with Crippen LogP contribution in [0.3, 0.4) is 0 Å². The molecular weight excluding hydrogens is 186 g/mol. The average molecular weight is 193 g/mol. The molecule has 0 saturated heterocycles. The summed E-state index contributed by atoms with van der Waals surface area (Å²) in [7, 11) is 0. The van der Waals surface area contributed by atoms with Gasteiger partial charge in [-0.3, -0.25) is 0 Å². The molecule has 0 spiro atoms. The summed E-state index contributed by atoms with van der Waals surface area (Å²) in [6.45, 7) is 0. The van der Waals surface area contributed by atoms with Gasteiger partial charge < -0.3 is 5.73 Å². The van der Waals surface area contributed by atoms with Crippen LogP contribution < -0.4 is 5.73 Å². The molecule has 1 aromatic heterocycles. The Morgan fingerprint density at radius 3 is 2.62 bits per heavy atom. The third-order valence-corrected chi connectivity index (χ3v) is 2.25. The van der Waals surface area contributed by atoms with Gasteiger partial charge in [0.25, 0.3) is 0 Å². The monoisotopic (exact) mass is 193 g/mol. The lowest BCUT2D eigenvalue weighted by atomic mass is 10.3. The molecule has 0 fully saturated rings. The van der Waals surface area contributed by atoms with E-state index in [4.69, 9.17) is 5.73 Å². The zero-order valence-electron chi connectivity index (χ0n) is 6.66. The first-order valence-electron chi connectivity index (χ1n) is 3.61. The second-order valence-corrected chi connectivity index (χ2v) is 3.40. The minimum atomic E-state index is 0.751. The van der Waals surface area contributed by atoms with E-state index < -0.39 is 0 Å². The van der Waals surface area contributed by atoms with Crippen molar-refractivity contribution in [2.75, 3.05) is 5.73 Å². The van der Waals surface area contributed by atoms with Crippen molar-refractivity contribution in [2.45, 2.75) is 4.90 Å². The van der Waals surface area contributed by atoms with Gasteiger partial charge in [0.05, 0.1) is 0 Å². The normalized spacial score (nSPS) is 10.2. The largest absolute Gasteiger partial charge is 0.399 e. The van der Waals surface area contributed by atoms with Crippen LogP contribution in [0.5, 0.6) is 0 Å². The first-order chi connectivity index (χ1) is 6.34. The van der Waals surface area contributed by atoms with Gasteiger partial charge in [0.15, 0.2) is 6.33 Å². The molecule has 66 valence electrons. The van der Waals surface area contributed by atoms with Crippen molar-refractivity contribution < 1.29 is 0 Å². The van der Waals surface area contributed by atoms with Gasteiger partial charge in [-0.05, 0) is 34.7 Å². The summed E-state index contributed by atoms with van der Waals surface area (Å²) in [5, 5.41) is 10.8. The summed E-state index contributed by atoms with van der Waals surface area (Å²) in [5.74, 6) is 0. The molecule has 2 N–H and O–H groups in total. The number of anilines is 1. The summed E-state index contributed by atoms with van der Waals surface area (Å²) in [5.41, 5.74) is 6.29. The molecule has 0 aliphatic rings. The lowest BCUT2D eigenvalue weighted by Crippen LogP contribution is -1.88. The highest BCUT2D eigenvalue weighted by atomic mass is 32.2. The number of rotatable bonds is 2. The Hall–Kier alpha value is -1.56. The lowest BCUT2D eigenvalue weighted by molar-refractivity contribution is 0.852. The number of nitrogens with two attached hydrogens (primary N) is 1. The van der Waals surface area contributed by atoms with Gasteiger partial charge in [0.2, 0.25) is 0 Å². The fraction of sp³-hybridized carbons (Fsp3) is 0. The zero-order chi connectivity index (χ0) is 9.10. The molecule has 1 heterocycles. The first kappa shape index (κ1) is 8.06. The van der Waals surface area contributed by atoms with E-state index in [1.807, 2.05) is 24.3 Å². The van der Waals surface area contributed by atoms with Crippen LogP contribution in [0.1, 0.15) is 0 Å². The Bertz CT molecular complexity index is 368. The van der Waals surface area contributed by atoms with Crippen molar-refractivity contribution in [1.82, 2.24) is 19.6 Å². The number of tetrazole rings is 1. The molecule has 0 radical (unpaired) electrons. The Balaban J connectivity index is 2.15. The van der Waals surface area contributed by atoms with Gasteiger partial charge in [-0.15, -0.1) is 5.10 Å². The quantitative estimate of drug-likeness (QED) is 0.715. The Kier molecular flexibility index (Phi) is 2.13. The topological polar surface area (TPSA) is 69.6 Å². The van der Waals surface area contributed by atoms with Gasteiger partial charge in [-0.2, -0.15) is 4.09 Å². The standard InChI is InChI=1S/C7H7N5S/c8-6-1-3-7(4-2-6)13-12-5-9-10-11-12/h1-5H,8H2. The summed E-state index contributed by atoms with van der Waals surface area (Å²) in [6, 6.07) is 7.52. The fourth-order valence-electron chi connectivity index (χ4n) is 0.831. The van der Waals surface area contributed by atoms with E-state index in [-0.39, 0.29) is 0 Å². The van der Waals surface area contributed by atoms with Crippen LogP contribution in [-0.2, 0) is 0 Å². The minimum absolute atomic E-state index is 0.751. The van der Waals surface area contributed by atoms with Crippen LogP contribution in [0.25, 0.3) is 0 Å². The highest BCUT2D eigenvalue weighted by molar-refractivity contribution is 7.97. The van der Waals surface area contributed by atoms with Gasteiger partial charge in [0, 0.05) is 22.5 Å². The number of aromatic nitrogens is 4. The van der Waals surface area contributed by atoms with E-state index in [0.717, 1.165) is 10.6 Å². The molecule has 2 rings (SSSR count). The number of benzene rings is 1. The molecular formula is C7H7N5S. The molecule has 5 nitrogen and oxygen atoms in total. The molecule has 0 amide bonds. The minimum Gasteiger partial charge on any atom is -0.399 e. The van der Waals surface area contributed by atoms with E-state index in [0.29, 0.717) is 0 Å². The Morgan fingerprint density at radius 1 is 1.23 bits per heavy atom. The maximum absolute atomic E-state index is 5.54. The number of hydrogen-bond acceptors (Lipinski definition) is 5. The molecule has 1 aromatic carbocycles. The third kappa shape index (κ3) is 1.97. The number of nitrogen functional groups attached to an aromatic ring is 1. The van der Waals surface area contributed by atoms with Crippen LogP contribution in [-0.4, -0.2) is 19.6 Å². The van der Waals surface area contributed by atoms with Crippen LogP contribution in [0.4, 0.5) is 5.69 Å².